The maximum atomic E-state index is 8.79. The fourth-order valence-electron chi connectivity index (χ4n) is 1.19. The van der Waals surface area contributed by atoms with Crippen LogP contribution in [0.2, 0.25) is 0 Å². The first-order chi connectivity index (χ1) is 7.98. The van der Waals surface area contributed by atoms with E-state index in [1.165, 1.54) is 0 Å². The summed E-state index contributed by atoms with van der Waals surface area (Å²) < 4.78 is 11.7. The van der Waals surface area contributed by atoms with Crippen molar-refractivity contribution in [1.29, 1.82) is 5.26 Å². The molecule has 0 fully saturated rings. The second-order valence-corrected chi connectivity index (χ2v) is 5.17. The second-order valence-electron chi connectivity index (χ2n) is 4.32. The molecule has 1 aromatic rings. The lowest BCUT2D eigenvalue weighted by atomic mass is 10.1. The molecule has 0 aliphatic carbocycles. The van der Waals surface area contributed by atoms with Crippen molar-refractivity contribution in [3.8, 4) is 11.8 Å². The molecule has 17 heavy (non-hydrogen) atoms. The molecular weight excluding hydrogens is 282 g/mol. The Bertz CT molecular complexity index is 424. The molecule has 0 saturated heterocycles. The van der Waals surface area contributed by atoms with Crippen molar-refractivity contribution in [2.24, 2.45) is 0 Å². The van der Waals surface area contributed by atoms with E-state index in [-0.39, 0.29) is 5.60 Å². The van der Waals surface area contributed by atoms with Crippen LogP contribution in [0.3, 0.4) is 0 Å². The van der Waals surface area contributed by atoms with Crippen LogP contribution < -0.4 is 4.74 Å². The molecule has 4 heteroatoms. The van der Waals surface area contributed by atoms with Crippen LogP contribution in [-0.2, 0) is 4.74 Å². The number of hydrogen-bond acceptors (Lipinski definition) is 3. The SMILES string of the molecule is COC(C)(C)CCOc1ccc(C#N)c(Br)c1. The van der Waals surface area contributed by atoms with Gasteiger partial charge in [-0.05, 0) is 48.0 Å². The molecule has 0 unspecified atom stereocenters. The Morgan fingerprint density at radius 1 is 1.41 bits per heavy atom. The Hall–Kier alpha value is -1.05. The van der Waals surface area contributed by atoms with Crippen molar-refractivity contribution in [3.63, 3.8) is 0 Å². The third-order valence-electron chi connectivity index (χ3n) is 2.59. The van der Waals surface area contributed by atoms with Gasteiger partial charge < -0.3 is 9.47 Å². The van der Waals surface area contributed by atoms with Crippen molar-refractivity contribution < 1.29 is 9.47 Å². The van der Waals surface area contributed by atoms with E-state index >= 15 is 0 Å². The fraction of sp³-hybridized carbons (Fsp3) is 0.462. The van der Waals surface area contributed by atoms with E-state index in [0.717, 1.165) is 16.6 Å². The predicted octanol–water partition coefficient (Wildman–Crippen LogP) is 3.51. The summed E-state index contributed by atoms with van der Waals surface area (Å²) in [5.74, 6) is 0.753. The number of nitriles is 1. The van der Waals surface area contributed by atoms with Gasteiger partial charge >= 0.3 is 0 Å². The molecule has 0 bridgehead atoms. The van der Waals surface area contributed by atoms with Crippen molar-refractivity contribution >= 4 is 15.9 Å². The third kappa shape index (κ3) is 4.37. The van der Waals surface area contributed by atoms with E-state index in [1.807, 2.05) is 13.8 Å². The number of nitrogens with zero attached hydrogens (tertiary/aromatic N) is 1. The largest absolute Gasteiger partial charge is 0.493 e. The molecule has 0 heterocycles. The van der Waals surface area contributed by atoms with Gasteiger partial charge in [0.15, 0.2) is 0 Å². The molecule has 1 rings (SSSR count). The zero-order valence-electron chi connectivity index (χ0n) is 10.3. The van der Waals surface area contributed by atoms with Gasteiger partial charge in [0.1, 0.15) is 11.8 Å². The third-order valence-corrected chi connectivity index (χ3v) is 3.24. The smallest absolute Gasteiger partial charge is 0.120 e. The van der Waals surface area contributed by atoms with Crippen LogP contribution in [0, 0.1) is 11.3 Å². The molecular formula is C13H16BrNO2. The van der Waals surface area contributed by atoms with Crippen molar-refractivity contribution in [2.45, 2.75) is 25.9 Å². The number of benzene rings is 1. The first-order valence-electron chi connectivity index (χ1n) is 5.36. The molecule has 0 spiro atoms. The standard InChI is InChI=1S/C13H16BrNO2/c1-13(2,16-3)6-7-17-11-5-4-10(9-15)12(14)8-11/h4-5,8H,6-7H2,1-3H3. The summed E-state index contributed by atoms with van der Waals surface area (Å²) in [4.78, 5) is 0. The molecule has 0 radical (unpaired) electrons. The summed E-state index contributed by atoms with van der Waals surface area (Å²) in [6, 6.07) is 7.43. The Balaban J connectivity index is 2.54. The van der Waals surface area contributed by atoms with E-state index in [0.29, 0.717) is 12.2 Å². The van der Waals surface area contributed by atoms with Crippen molar-refractivity contribution in [1.82, 2.24) is 0 Å². The number of rotatable bonds is 5. The van der Waals surface area contributed by atoms with Gasteiger partial charge in [0.25, 0.3) is 0 Å². The average Bonchev–Trinajstić information content (AvgIpc) is 2.29. The minimum atomic E-state index is -0.177. The highest BCUT2D eigenvalue weighted by Crippen LogP contribution is 2.23. The minimum absolute atomic E-state index is 0.177. The summed E-state index contributed by atoms with van der Waals surface area (Å²) in [7, 11) is 1.69. The summed E-state index contributed by atoms with van der Waals surface area (Å²) in [6.45, 7) is 4.62. The van der Waals surface area contributed by atoms with Crippen LogP contribution in [-0.4, -0.2) is 19.3 Å². The van der Waals surface area contributed by atoms with E-state index in [1.54, 1.807) is 25.3 Å². The average molecular weight is 298 g/mol. The van der Waals surface area contributed by atoms with Gasteiger partial charge in [-0.1, -0.05) is 0 Å². The quantitative estimate of drug-likeness (QED) is 0.835. The van der Waals surface area contributed by atoms with Gasteiger partial charge in [-0.3, -0.25) is 0 Å². The molecule has 3 nitrogen and oxygen atoms in total. The number of hydrogen-bond donors (Lipinski definition) is 0. The van der Waals surface area contributed by atoms with Crippen LogP contribution in [0.1, 0.15) is 25.8 Å². The Morgan fingerprint density at radius 3 is 2.65 bits per heavy atom. The number of ether oxygens (including phenoxy) is 2. The van der Waals surface area contributed by atoms with Crippen LogP contribution in [0.15, 0.2) is 22.7 Å². The lowest BCUT2D eigenvalue weighted by Gasteiger charge is -2.22. The molecule has 1 aromatic carbocycles. The van der Waals surface area contributed by atoms with Crippen LogP contribution in [0.4, 0.5) is 0 Å². The summed E-state index contributed by atoms with van der Waals surface area (Å²) in [6.07, 6.45) is 0.807. The summed E-state index contributed by atoms with van der Waals surface area (Å²) >= 11 is 3.33. The van der Waals surface area contributed by atoms with Gasteiger partial charge in [-0.2, -0.15) is 5.26 Å². The number of halogens is 1. The maximum Gasteiger partial charge on any atom is 0.120 e. The highest BCUT2D eigenvalue weighted by Gasteiger charge is 2.16. The maximum absolute atomic E-state index is 8.79. The van der Waals surface area contributed by atoms with Gasteiger partial charge in [0.05, 0.1) is 17.8 Å². The predicted molar refractivity (Wildman–Crippen MR) is 70.1 cm³/mol. The summed E-state index contributed by atoms with van der Waals surface area (Å²) in [5, 5.41) is 8.79. The summed E-state index contributed by atoms with van der Waals surface area (Å²) in [5.41, 5.74) is 0.429. The highest BCUT2D eigenvalue weighted by atomic mass is 79.9. The molecule has 0 saturated carbocycles. The molecule has 0 aliphatic rings. The van der Waals surface area contributed by atoms with Crippen LogP contribution in [0.25, 0.3) is 0 Å². The van der Waals surface area contributed by atoms with Crippen molar-refractivity contribution in [2.75, 3.05) is 13.7 Å². The Kier molecular flexibility index (Phi) is 4.98. The molecule has 0 aliphatic heterocycles. The van der Waals surface area contributed by atoms with Gasteiger partial charge in [-0.15, -0.1) is 0 Å². The lowest BCUT2D eigenvalue weighted by molar-refractivity contribution is 0.00545. The van der Waals surface area contributed by atoms with Gasteiger partial charge in [0.2, 0.25) is 0 Å². The van der Waals surface area contributed by atoms with Crippen LogP contribution >= 0.6 is 15.9 Å². The monoisotopic (exact) mass is 297 g/mol. The molecule has 0 amide bonds. The van der Waals surface area contributed by atoms with Crippen LogP contribution in [0.5, 0.6) is 5.75 Å². The first-order valence-corrected chi connectivity index (χ1v) is 6.15. The number of methoxy groups -OCH3 is 1. The zero-order chi connectivity index (χ0) is 12.9. The normalized spacial score (nSPS) is 11.0. The molecule has 0 aromatic heterocycles. The minimum Gasteiger partial charge on any atom is -0.493 e. The molecule has 92 valence electrons. The van der Waals surface area contributed by atoms with Crippen molar-refractivity contribution in [3.05, 3.63) is 28.2 Å². The van der Waals surface area contributed by atoms with E-state index in [9.17, 15) is 0 Å². The van der Waals surface area contributed by atoms with E-state index < -0.39 is 0 Å². The second kappa shape index (κ2) is 6.04. The Labute approximate surface area is 110 Å². The van der Waals surface area contributed by atoms with E-state index in [4.69, 9.17) is 14.7 Å². The molecule has 0 N–H and O–H groups in total. The molecule has 0 atom stereocenters. The van der Waals surface area contributed by atoms with Gasteiger partial charge in [-0.25, -0.2) is 0 Å². The lowest BCUT2D eigenvalue weighted by Crippen LogP contribution is -2.25. The first kappa shape index (κ1) is 14.0. The highest BCUT2D eigenvalue weighted by molar-refractivity contribution is 9.10. The topological polar surface area (TPSA) is 42.2 Å². The van der Waals surface area contributed by atoms with E-state index in [2.05, 4.69) is 22.0 Å². The fourth-order valence-corrected chi connectivity index (χ4v) is 1.64. The Morgan fingerprint density at radius 2 is 2.12 bits per heavy atom. The van der Waals surface area contributed by atoms with Gasteiger partial charge in [0, 0.05) is 18.0 Å². The zero-order valence-corrected chi connectivity index (χ0v) is 11.9.